The lowest BCUT2D eigenvalue weighted by atomic mass is 9.82. The number of thiazole rings is 1. The average Bonchev–Trinajstić information content (AvgIpc) is 3.23. The molecule has 0 saturated carbocycles. The van der Waals surface area contributed by atoms with Crippen molar-refractivity contribution in [3.63, 3.8) is 0 Å². The topological polar surface area (TPSA) is 101 Å². The van der Waals surface area contributed by atoms with E-state index in [1.54, 1.807) is 6.08 Å². The first-order valence-electron chi connectivity index (χ1n) is 12.4. The number of benzene rings is 2. The van der Waals surface area contributed by atoms with Gasteiger partial charge in [0.2, 0.25) is 0 Å². The van der Waals surface area contributed by atoms with E-state index in [0.29, 0.717) is 26.6 Å². The van der Waals surface area contributed by atoms with Crippen molar-refractivity contribution < 1.29 is 19.1 Å². The standard InChI is InChI=1S/C30H32N2O5S/c1-16(2)19-9-7-18(8-10-19)15-22-27(33)32-26(31)24(29(34)36-5)23(25(28(32)38-22)30(35)37-6)21-13-11-20(12-14-21)17(3)4/h7-17,23H,31H2,1-6H3/b22-15-/t23-/m0/s1. The highest BCUT2D eigenvalue weighted by molar-refractivity contribution is 7.07. The first kappa shape index (κ1) is 27.1. The van der Waals surface area contributed by atoms with Crippen LogP contribution >= 0.6 is 11.3 Å². The lowest BCUT2D eigenvalue weighted by Gasteiger charge is -2.26. The van der Waals surface area contributed by atoms with Gasteiger partial charge < -0.3 is 15.2 Å². The quantitative estimate of drug-likeness (QED) is 0.489. The third kappa shape index (κ3) is 4.84. The Balaban J connectivity index is 2.04. The number of nitrogens with zero attached hydrogens (tertiary/aromatic N) is 1. The van der Waals surface area contributed by atoms with Gasteiger partial charge in [-0.25, -0.2) is 9.59 Å². The molecule has 1 aromatic heterocycles. The van der Waals surface area contributed by atoms with E-state index in [0.717, 1.165) is 22.5 Å². The molecule has 1 aliphatic rings. The normalized spacial score (nSPS) is 15.7. The summed E-state index contributed by atoms with van der Waals surface area (Å²) in [4.78, 5) is 39.9. The van der Waals surface area contributed by atoms with Crippen molar-refractivity contribution in [1.82, 2.24) is 4.57 Å². The molecule has 0 radical (unpaired) electrons. The van der Waals surface area contributed by atoms with Gasteiger partial charge in [0.05, 0.1) is 35.8 Å². The molecule has 2 aromatic carbocycles. The second-order valence-corrected chi connectivity index (χ2v) is 10.9. The van der Waals surface area contributed by atoms with Gasteiger partial charge in [0, 0.05) is 0 Å². The molecule has 2 heterocycles. The fraction of sp³-hybridized carbons (Fsp3) is 0.300. The molecule has 4 rings (SSSR count). The third-order valence-corrected chi connectivity index (χ3v) is 7.90. The molecule has 0 unspecified atom stereocenters. The first-order chi connectivity index (χ1) is 18.1. The zero-order valence-electron chi connectivity index (χ0n) is 22.4. The van der Waals surface area contributed by atoms with Crippen LogP contribution in [0.1, 0.15) is 67.7 Å². The Bertz CT molecular complexity index is 1590. The molecule has 0 amide bonds. The second-order valence-electron chi connectivity index (χ2n) is 9.83. The Labute approximate surface area is 225 Å². The Morgan fingerprint density at radius 3 is 1.87 bits per heavy atom. The number of carbonyl (C=O) groups is 2. The number of nitrogens with two attached hydrogens (primary N) is 1. The van der Waals surface area contributed by atoms with Gasteiger partial charge in [-0.3, -0.25) is 9.36 Å². The summed E-state index contributed by atoms with van der Waals surface area (Å²) in [5.74, 6) is -1.62. The van der Waals surface area contributed by atoms with E-state index in [2.05, 4.69) is 27.7 Å². The van der Waals surface area contributed by atoms with Crippen LogP contribution in [-0.4, -0.2) is 30.7 Å². The summed E-state index contributed by atoms with van der Waals surface area (Å²) in [6.07, 6.45) is 1.76. The monoisotopic (exact) mass is 532 g/mol. The largest absolute Gasteiger partial charge is 0.466 e. The van der Waals surface area contributed by atoms with Gasteiger partial charge in [0.25, 0.3) is 5.56 Å². The number of hydrogen-bond donors (Lipinski definition) is 1. The maximum atomic E-state index is 13.6. The molecule has 1 atom stereocenters. The van der Waals surface area contributed by atoms with Crippen molar-refractivity contribution in [3.05, 3.63) is 95.9 Å². The number of carbonyl (C=O) groups excluding carboxylic acids is 2. The van der Waals surface area contributed by atoms with Crippen molar-refractivity contribution in [2.24, 2.45) is 5.73 Å². The molecular formula is C30H32N2O5S. The summed E-state index contributed by atoms with van der Waals surface area (Å²) in [6, 6.07) is 15.6. The van der Waals surface area contributed by atoms with Gasteiger partial charge in [0.1, 0.15) is 10.5 Å². The highest BCUT2D eigenvalue weighted by Crippen LogP contribution is 2.38. The van der Waals surface area contributed by atoms with Crippen LogP contribution in [0.4, 0.5) is 0 Å². The summed E-state index contributed by atoms with van der Waals surface area (Å²) in [5.41, 5.74) is 10.1. The Morgan fingerprint density at radius 1 is 0.868 bits per heavy atom. The third-order valence-electron chi connectivity index (χ3n) is 6.80. The first-order valence-corrected chi connectivity index (χ1v) is 13.2. The predicted molar refractivity (Wildman–Crippen MR) is 150 cm³/mol. The molecule has 7 nitrogen and oxygen atoms in total. The Hall–Kier alpha value is -3.91. The number of esters is 2. The fourth-order valence-electron chi connectivity index (χ4n) is 4.60. The van der Waals surface area contributed by atoms with E-state index in [1.807, 2.05) is 48.5 Å². The second kappa shape index (κ2) is 10.8. The van der Waals surface area contributed by atoms with Crippen LogP contribution in [-0.2, 0) is 19.1 Å². The molecule has 0 bridgehead atoms. The van der Waals surface area contributed by atoms with Crippen LogP contribution < -0.4 is 20.5 Å². The number of rotatable bonds is 6. The number of ether oxygens (including phenoxy) is 2. The predicted octanol–water partition coefficient (Wildman–Crippen LogP) is 3.41. The molecule has 0 saturated heterocycles. The molecule has 38 heavy (non-hydrogen) atoms. The summed E-state index contributed by atoms with van der Waals surface area (Å²) in [7, 11) is 2.51. The number of hydrogen-bond acceptors (Lipinski definition) is 7. The van der Waals surface area contributed by atoms with Crippen molar-refractivity contribution >= 4 is 40.7 Å². The fourth-order valence-corrected chi connectivity index (χ4v) is 5.77. The van der Waals surface area contributed by atoms with Crippen LogP contribution in [0.25, 0.3) is 17.5 Å². The summed E-state index contributed by atoms with van der Waals surface area (Å²) >= 11 is 1.14. The van der Waals surface area contributed by atoms with E-state index in [-0.39, 0.29) is 17.0 Å². The highest BCUT2D eigenvalue weighted by atomic mass is 32.1. The maximum absolute atomic E-state index is 13.6. The van der Waals surface area contributed by atoms with Crippen LogP contribution in [0.15, 0.2) is 58.9 Å². The minimum Gasteiger partial charge on any atom is -0.466 e. The Morgan fingerprint density at radius 2 is 1.37 bits per heavy atom. The number of aromatic nitrogens is 1. The van der Waals surface area contributed by atoms with E-state index in [9.17, 15) is 14.4 Å². The SMILES string of the molecule is COC(=O)C1=C(N)n2c(s/c(=C\c3ccc(C(C)C)cc3)c2=O)=C(C(=O)OC)[C@H]1c1ccc(C(C)C)cc1. The molecular weight excluding hydrogens is 500 g/mol. The average molecular weight is 533 g/mol. The van der Waals surface area contributed by atoms with Gasteiger partial charge in [-0.2, -0.15) is 0 Å². The van der Waals surface area contributed by atoms with E-state index < -0.39 is 23.4 Å². The molecule has 0 fully saturated rings. The molecule has 3 aromatic rings. The van der Waals surface area contributed by atoms with Gasteiger partial charge in [0.15, 0.2) is 0 Å². The zero-order chi connectivity index (χ0) is 27.7. The van der Waals surface area contributed by atoms with Crippen molar-refractivity contribution in [1.29, 1.82) is 0 Å². The lowest BCUT2D eigenvalue weighted by molar-refractivity contribution is -0.136. The van der Waals surface area contributed by atoms with E-state index >= 15 is 0 Å². The van der Waals surface area contributed by atoms with Gasteiger partial charge in [-0.05, 0) is 40.2 Å². The van der Waals surface area contributed by atoms with E-state index in [1.165, 1.54) is 24.4 Å². The molecule has 198 valence electrons. The van der Waals surface area contributed by atoms with Crippen LogP contribution in [0.3, 0.4) is 0 Å². The summed E-state index contributed by atoms with van der Waals surface area (Å²) < 4.78 is 12.1. The van der Waals surface area contributed by atoms with Crippen molar-refractivity contribution in [3.8, 4) is 0 Å². The number of methoxy groups -OCH3 is 2. The molecule has 8 heteroatoms. The maximum Gasteiger partial charge on any atom is 0.338 e. The van der Waals surface area contributed by atoms with Gasteiger partial charge >= 0.3 is 11.9 Å². The Kier molecular flexibility index (Phi) is 7.73. The van der Waals surface area contributed by atoms with Gasteiger partial charge in [-0.15, -0.1) is 11.3 Å². The van der Waals surface area contributed by atoms with Gasteiger partial charge in [-0.1, -0.05) is 76.2 Å². The molecule has 2 N–H and O–H groups in total. The smallest absolute Gasteiger partial charge is 0.338 e. The van der Waals surface area contributed by atoms with Crippen molar-refractivity contribution in [2.45, 2.75) is 45.4 Å². The van der Waals surface area contributed by atoms with Crippen LogP contribution in [0.5, 0.6) is 0 Å². The minimum absolute atomic E-state index is 0.0189. The number of fused-ring (bicyclic) bond motifs is 1. The molecule has 1 aliphatic heterocycles. The summed E-state index contributed by atoms with van der Waals surface area (Å²) in [5, 5.41) is 0. The van der Waals surface area contributed by atoms with Crippen LogP contribution in [0.2, 0.25) is 0 Å². The highest BCUT2D eigenvalue weighted by Gasteiger charge is 2.39. The molecule has 0 aliphatic carbocycles. The lowest BCUT2D eigenvalue weighted by Crippen LogP contribution is -2.41. The van der Waals surface area contributed by atoms with E-state index in [4.69, 9.17) is 15.2 Å². The van der Waals surface area contributed by atoms with Crippen LogP contribution in [0, 0.1) is 0 Å². The minimum atomic E-state index is -0.868. The molecule has 0 spiro atoms. The van der Waals surface area contributed by atoms with Crippen molar-refractivity contribution in [2.75, 3.05) is 14.2 Å². The zero-order valence-corrected chi connectivity index (χ0v) is 23.2. The summed E-state index contributed by atoms with van der Waals surface area (Å²) in [6.45, 7) is 8.39.